The van der Waals surface area contributed by atoms with Crippen molar-refractivity contribution in [2.75, 3.05) is 0 Å². The van der Waals surface area contributed by atoms with Crippen molar-refractivity contribution in [1.29, 1.82) is 0 Å². The molecule has 0 heterocycles. The van der Waals surface area contributed by atoms with Gasteiger partial charge in [-0.2, -0.15) is 0 Å². The van der Waals surface area contributed by atoms with E-state index in [2.05, 4.69) is 12.2 Å². The van der Waals surface area contributed by atoms with Crippen LogP contribution in [0.2, 0.25) is 0 Å². The number of carbonyl (C=O) groups is 2. The van der Waals surface area contributed by atoms with E-state index in [1.54, 1.807) is 0 Å². The molecular formula is C28H41NO3. The minimum absolute atomic E-state index is 0.162. The van der Waals surface area contributed by atoms with E-state index in [0.717, 1.165) is 35.6 Å². The number of carbonyl (C=O) groups excluding carboxylic acids is 1. The number of rotatable bonds is 17. The van der Waals surface area contributed by atoms with Gasteiger partial charge in [0.25, 0.3) is 0 Å². The van der Waals surface area contributed by atoms with Crippen LogP contribution in [-0.4, -0.2) is 23.0 Å². The van der Waals surface area contributed by atoms with Gasteiger partial charge in [-0.15, -0.1) is 0 Å². The third kappa shape index (κ3) is 9.84. The van der Waals surface area contributed by atoms with Gasteiger partial charge in [0.2, 0.25) is 5.91 Å². The molecule has 0 saturated carbocycles. The number of carboxylic acid groups (broad SMARTS) is 1. The van der Waals surface area contributed by atoms with E-state index in [1.807, 2.05) is 42.5 Å². The van der Waals surface area contributed by atoms with Crippen molar-refractivity contribution in [3.05, 3.63) is 48.0 Å². The van der Waals surface area contributed by atoms with Gasteiger partial charge in [-0.3, -0.25) is 4.79 Å². The average molecular weight is 440 g/mol. The predicted octanol–water partition coefficient (Wildman–Crippen LogP) is 7.04. The number of amides is 1. The molecule has 0 unspecified atom stereocenters. The highest BCUT2D eigenvalue weighted by atomic mass is 16.4. The Bertz CT molecular complexity index is 812. The highest BCUT2D eigenvalue weighted by Crippen LogP contribution is 2.20. The van der Waals surface area contributed by atoms with Gasteiger partial charge in [0.1, 0.15) is 6.04 Å². The summed E-state index contributed by atoms with van der Waals surface area (Å²) in [5, 5.41) is 14.5. The molecule has 0 aliphatic heterocycles. The van der Waals surface area contributed by atoms with Crippen molar-refractivity contribution in [3.63, 3.8) is 0 Å². The fourth-order valence-corrected chi connectivity index (χ4v) is 4.28. The number of carboxylic acids is 1. The molecule has 1 amide bonds. The van der Waals surface area contributed by atoms with E-state index in [4.69, 9.17) is 0 Å². The molecule has 32 heavy (non-hydrogen) atoms. The van der Waals surface area contributed by atoms with Crippen LogP contribution in [0.1, 0.15) is 96.0 Å². The Balaban J connectivity index is 1.62. The molecule has 0 aromatic heterocycles. The molecule has 0 aliphatic rings. The number of hydrogen-bond acceptors (Lipinski definition) is 2. The van der Waals surface area contributed by atoms with Crippen molar-refractivity contribution in [2.24, 2.45) is 0 Å². The van der Waals surface area contributed by atoms with Crippen LogP contribution in [0.15, 0.2) is 42.5 Å². The first-order valence-electron chi connectivity index (χ1n) is 12.6. The number of hydrogen-bond donors (Lipinski definition) is 2. The third-order valence-corrected chi connectivity index (χ3v) is 6.19. The molecule has 0 spiro atoms. The average Bonchev–Trinajstić information content (AvgIpc) is 2.79. The molecule has 0 saturated heterocycles. The van der Waals surface area contributed by atoms with Gasteiger partial charge in [0, 0.05) is 12.8 Å². The maximum Gasteiger partial charge on any atom is 0.326 e. The standard InChI is InChI=1S/C28H41NO3/c1-2-3-4-5-6-7-8-9-10-11-12-13-21-27(30)29-26(28(31)32)22-24-19-16-18-23-17-14-15-20-25(23)24/h14-20,26H,2-13,21-22H2,1H3,(H,29,30)(H,31,32)/t26-/m0/s1. The highest BCUT2D eigenvalue weighted by molar-refractivity contribution is 5.88. The zero-order valence-electron chi connectivity index (χ0n) is 19.8. The lowest BCUT2D eigenvalue weighted by Crippen LogP contribution is -2.42. The molecule has 2 rings (SSSR count). The number of fused-ring (bicyclic) bond motifs is 1. The summed E-state index contributed by atoms with van der Waals surface area (Å²) in [6.45, 7) is 2.25. The monoisotopic (exact) mass is 439 g/mol. The molecule has 4 heteroatoms. The molecule has 0 bridgehead atoms. The molecule has 0 radical (unpaired) electrons. The molecule has 4 nitrogen and oxygen atoms in total. The fourth-order valence-electron chi connectivity index (χ4n) is 4.28. The van der Waals surface area contributed by atoms with E-state index in [1.165, 1.54) is 57.8 Å². The molecule has 2 aromatic rings. The molecule has 0 fully saturated rings. The van der Waals surface area contributed by atoms with Crippen molar-refractivity contribution in [3.8, 4) is 0 Å². The largest absolute Gasteiger partial charge is 0.480 e. The van der Waals surface area contributed by atoms with Crippen LogP contribution >= 0.6 is 0 Å². The lowest BCUT2D eigenvalue weighted by molar-refractivity contribution is -0.141. The Labute approximate surface area is 193 Å². The Hall–Kier alpha value is -2.36. The van der Waals surface area contributed by atoms with E-state index in [-0.39, 0.29) is 5.91 Å². The molecule has 2 aromatic carbocycles. The summed E-state index contributed by atoms with van der Waals surface area (Å²) >= 11 is 0. The van der Waals surface area contributed by atoms with Gasteiger partial charge in [-0.1, -0.05) is 120 Å². The van der Waals surface area contributed by atoms with Crippen molar-refractivity contribution >= 4 is 22.6 Å². The quantitative estimate of drug-likeness (QED) is 0.260. The van der Waals surface area contributed by atoms with Crippen LogP contribution in [0.4, 0.5) is 0 Å². The van der Waals surface area contributed by atoms with Crippen LogP contribution in [0, 0.1) is 0 Å². The Morgan fingerprint density at radius 3 is 1.97 bits per heavy atom. The predicted molar refractivity (Wildman–Crippen MR) is 133 cm³/mol. The summed E-state index contributed by atoms with van der Waals surface area (Å²) in [4.78, 5) is 24.1. The first kappa shape index (κ1) is 25.9. The first-order valence-corrected chi connectivity index (χ1v) is 12.6. The van der Waals surface area contributed by atoms with Crippen molar-refractivity contribution in [1.82, 2.24) is 5.32 Å². The van der Waals surface area contributed by atoms with Crippen LogP contribution < -0.4 is 5.32 Å². The second-order valence-corrected chi connectivity index (χ2v) is 8.94. The van der Waals surface area contributed by atoms with E-state index < -0.39 is 12.0 Å². The van der Waals surface area contributed by atoms with Gasteiger partial charge in [-0.05, 0) is 22.8 Å². The van der Waals surface area contributed by atoms with E-state index >= 15 is 0 Å². The Morgan fingerprint density at radius 1 is 0.781 bits per heavy atom. The van der Waals surface area contributed by atoms with Gasteiger partial charge in [0.05, 0.1) is 0 Å². The molecular weight excluding hydrogens is 398 g/mol. The van der Waals surface area contributed by atoms with Crippen LogP contribution in [0.25, 0.3) is 10.8 Å². The fraction of sp³-hybridized carbons (Fsp3) is 0.571. The SMILES string of the molecule is CCCCCCCCCCCCCCC(=O)N[C@@H](Cc1cccc2ccccc12)C(=O)O. The smallest absolute Gasteiger partial charge is 0.326 e. The van der Waals surface area contributed by atoms with E-state index in [9.17, 15) is 14.7 Å². The first-order chi connectivity index (χ1) is 15.6. The van der Waals surface area contributed by atoms with Gasteiger partial charge < -0.3 is 10.4 Å². The van der Waals surface area contributed by atoms with Gasteiger partial charge >= 0.3 is 5.97 Å². The lowest BCUT2D eigenvalue weighted by atomic mass is 9.98. The maximum absolute atomic E-state index is 12.3. The van der Waals surface area contributed by atoms with Gasteiger partial charge in [-0.25, -0.2) is 4.79 Å². The summed E-state index contributed by atoms with van der Waals surface area (Å²) in [6.07, 6.45) is 15.7. The summed E-state index contributed by atoms with van der Waals surface area (Å²) in [5.41, 5.74) is 0.946. The minimum atomic E-state index is -0.985. The minimum Gasteiger partial charge on any atom is -0.480 e. The number of aliphatic carboxylic acids is 1. The highest BCUT2D eigenvalue weighted by Gasteiger charge is 2.21. The maximum atomic E-state index is 12.3. The zero-order chi connectivity index (χ0) is 23.0. The lowest BCUT2D eigenvalue weighted by Gasteiger charge is -2.16. The summed E-state index contributed by atoms with van der Waals surface area (Å²) in [6, 6.07) is 12.9. The van der Waals surface area contributed by atoms with Crippen molar-refractivity contribution in [2.45, 2.75) is 103 Å². The number of benzene rings is 2. The summed E-state index contributed by atoms with van der Waals surface area (Å²) in [5.74, 6) is -1.15. The number of unbranched alkanes of at least 4 members (excludes halogenated alkanes) is 11. The second kappa shape index (κ2) is 15.4. The normalized spacial score (nSPS) is 12.0. The van der Waals surface area contributed by atoms with E-state index in [0.29, 0.717) is 12.8 Å². The Kier molecular flexibility index (Phi) is 12.5. The second-order valence-electron chi connectivity index (χ2n) is 8.94. The van der Waals surface area contributed by atoms with Crippen LogP contribution in [-0.2, 0) is 16.0 Å². The topological polar surface area (TPSA) is 66.4 Å². The number of nitrogens with one attached hydrogen (secondary N) is 1. The molecule has 1 atom stereocenters. The van der Waals surface area contributed by atoms with Crippen LogP contribution in [0.3, 0.4) is 0 Å². The third-order valence-electron chi connectivity index (χ3n) is 6.19. The zero-order valence-corrected chi connectivity index (χ0v) is 19.8. The summed E-state index contributed by atoms with van der Waals surface area (Å²) < 4.78 is 0. The summed E-state index contributed by atoms with van der Waals surface area (Å²) in [7, 11) is 0. The van der Waals surface area contributed by atoms with Crippen molar-refractivity contribution < 1.29 is 14.7 Å². The Morgan fingerprint density at radius 2 is 1.34 bits per heavy atom. The molecule has 2 N–H and O–H groups in total. The van der Waals surface area contributed by atoms with Crippen LogP contribution in [0.5, 0.6) is 0 Å². The van der Waals surface area contributed by atoms with Gasteiger partial charge in [0.15, 0.2) is 0 Å². The molecule has 176 valence electrons. The molecule has 0 aliphatic carbocycles.